The van der Waals surface area contributed by atoms with E-state index in [4.69, 9.17) is 5.84 Å². The summed E-state index contributed by atoms with van der Waals surface area (Å²) in [5.41, 5.74) is 2.79. The van der Waals surface area contributed by atoms with Gasteiger partial charge < -0.3 is 0 Å². The van der Waals surface area contributed by atoms with E-state index in [-0.39, 0.29) is 0 Å². The van der Waals surface area contributed by atoms with Crippen molar-refractivity contribution < 1.29 is 0 Å². The first kappa shape index (κ1) is 7.76. The van der Waals surface area contributed by atoms with E-state index in [1.165, 1.54) is 6.42 Å². The highest BCUT2D eigenvalue weighted by Gasteiger charge is 2.18. The van der Waals surface area contributed by atoms with Gasteiger partial charge in [-0.1, -0.05) is 26.0 Å². The molecule has 0 amide bonds. The van der Waals surface area contributed by atoms with Crippen molar-refractivity contribution >= 4 is 0 Å². The van der Waals surface area contributed by atoms with Gasteiger partial charge in [0.05, 0.1) is 0 Å². The van der Waals surface area contributed by atoms with Crippen molar-refractivity contribution in [2.45, 2.75) is 26.3 Å². The average molecular weight is 140 g/mol. The molecule has 10 heavy (non-hydrogen) atoms. The summed E-state index contributed by atoms with van der Waals surface area (Å²) in [5, 5.41) is 0. The second-order valence-corrected chi connectivity index (χ2v) is 3.27. The summed E-state index contributed by atoms with van der Waals surface area (Å²) in [5.74, 6) is 6.73. The minimum atomic E-state index is 0.385. The molecule has 2 unspecified atom stereocenters. The molecule has 1 aliphatic rings. The molecule has 1 rings (SSSR count). The molecule has 0 heterocycles. The third-order valence-corrected chi connectivity index (χ3v) is 2.20. The number of hydrogen-bond donors (Lipinski definition) is 2. The molecule has 0 spiro atoms. The monoisotopic (exact) mass is 140 g/mol. The van der Waals surface area contributed by atoms with Crippen molar-refractivity contribution in [3.05, 3.63) is 12.2 Å². The van der Waals surface area contributed by atoms with Crippen LogP contribution in [0.5, 0.6) is 0 Å². The van der Waals surface area contributed by atoms with Crippen molar-refractivity contribution in [1.82, 2.24) is 5.43 Å². The van der Waals surface area contributed by atoms with Gasteiger partial charge in [-0.3, -0.25) is 11.3 Å². The number of rotatable bonds is 1. The van der Waals surface area contributed by atoms with Crippen LogP contribution in [0, 0.1) is 11.8 Å². The fourth-order valence-electron chi connectivity index (χ4n) is 1.53. The Labute approximate surface area is 62.5 Å². The molecule has 0 bridgehead atoms. The minimum Gasteiger partial charge on any atom is -0.271 e. The summed E-state index contributed by atoms with van der Waals surface area (Å²) in [6.07, 6.45) is 5.63. The molecule has 0 fully saturated rings. The van der Waals surface area contributed by atoms with Gasteiger partial charge in [-0.05, 0) is 18.3 Å². The molecule has 0 radical (unpaired) electrons. The van der Waals surface area contributed by atoms with Gasteiger partial charge in [-0.2, -0.15) is 0 Å². The van der Waals surface area contributed by atoms with Crippen LogP contribution >= 0.6 is 0 Å². The van der Waals surface area contributed by atoms with E-state index in [9.17, 15) is 0 Å². The van der Waals surface area contributed by atoms with Gasteiger partial charge in [-0.25, -0.2) is 0 Å². The number of nitrogens with two attached hydrogens (primary N) is 1. The molecular formula is C8H16N2. The van der Waals surface area contributed by atoms with Crippen molar-refractivity contribution in [3.63, 3.8) is 0 Å². The van der Waals surface area contributed by atoms with E-state index in [2.05, 4.69) is 31.4 Å². The van der Waals surface area contributed by atoms with Crippen LogP contribution in [0.4, 0.5) is 0 Å². The molecule has 0 saturated carbocycles. The zero-order valence-corrected chi connectivity index (χ0v) is 6.67. The molecule has 1 aliphatic carbocycles. The Hall–Kier alpha value is -0.340. The van der Waals surface area contributed by atoms with Gasteiger partial charge >= 0.3 is 0 Å². The lowest BCUT2D eigenvalue weighted by molar-refractivity contribution is 0.361. The zero-order chi connectivity index (χ0) is 7.56. The third kappa shape index (κ3) is 1.58. The van der Waals surface area contributed by atoms with Crippen LogP contribution in [0.15, 0.2) is 12.2 Å². The smallest absolute Gasteiger partial charge is 0.0416 e. The molecule has 0 aromatic heterocycles. The summed E-state index contributed by atoms with van der Waals surface area (Å²) in [6, 6.07) is 0.385. The molecule has 0 saturated heterocycles. The van der Waals surface area contributed by atoms with Crippen LogP contribution in [0.1, 0.15) is 20.3 Å². The Morgan fingerprint density at radius 2 is 2.10 bits per heavy atom. The highest BCUT2D eigenvalue weighted by molar-refractivity contribution is 5.02. The number of nitrogens with one attached hydrogen (secondary N) is 1. The molecule has 58 valence electrons. The van der Waals surface area contributed by atoms with Gasteiger partial charge in [0.15, 0.2) is 0 Å². The lowest BCUT2D eigenvalue weighted by atomic mass is 9.86. The van der Waals surface area contributed by atoms with Crippen molar-refractivity contribution in [2.75, 3.05) is 0 Å². The molecule has 0 aliphatic heterocycles. The molecule has 2 nitrogen and oxygen atoms in total. The van der Waals surface area contributed by atoms with Gasteiger partial charge in [0.2, 0.25) is 0 Å². The third-order valence-electron chi connectivity index (χ3n) is 2.20. The van der Waals surface area contributed by atoms with E-state index in [1.807, 2.05) is 0 Å². The van der Waals surface area contributed by atoms with E-state index in [1.54, 1.807) is 0 Å². The predicted molar refractivity (Wildman–Crippen MR) is 43.2 cm³/mol. The Bertz CT molecular complexity index is 131. The van der Waals surface area contributed by atoms with E-state index < -0.39 is 0 Å². The van der Waals surface area contributed by atoms with E-state index in [0.717, 1.165) is 5.92 Å². The topological polar surface area (TPSA) is 38.0 Å². The summed E-state index contributed by atoms with van der Waals surface area (Å²) in [4.78, 5) is 0. The van der Waals surface area contributed by atoms with Crippen molar-refractivity contribution in [2.24, 2.45) is 17.7 Å². The van der Waals surface area contributed by atoms with Crippen LogP contribution in [0.25, 0.3) is 0 Å². The maximum atomic E-state index is 5.34. The van der Waals surface area contributed by atoms with Crippen LogP contribution in [-0.4, -0.2) is 6.04 Å². The summed E-state index contributed by atoms with van der Waals surface area (Å²) in [7, 11) is 0. The second-order valence-electron chi connectivity index (χ2n) is 3.27. The first-order valence-corrected chi connectivity index (χ1v) is 3.88. The van der Waals surface area contributed by atoms with Gasteiger partial charge in [-0.15, -0.1) is 0 Å². The predicted octanol–water partition coefficient (Wildman–Crippen LogP) is 1.05. The van der Waals surface area contributed by atoms with E-state index >= 15 is 0 Å². The maximum Gasteiger partial charge on any atom is 0.0416 e. The summed E-state index contributed by atoms with van der Waals surface area (Å²) in [6.45, 7) is 4.46. The standard InChI is InChI=1S/C8H16N2/c1-6-3-4-8(10-9)7(2)5-6/h3-4,6-8,10H,5,9H2,1-2H3/t6?,7?,8-/m0/s1. The molecule has 3 atom stereocenters. The van der Waals surface area contributed by atoms with Crippen LogP contribution in [0.2, 0.25) is 0 Å². The van der Waals surface area contributed by atoms with Crippen LogP contribution < -0.4 is 11.3 Å². The summed E-state index contributed by atoms with van der Waals surface area (Å²) >= 11 is 0. The summed E-state index contributed by atoms with van der Waals surface area (Å²) < 4.78 is 0. The number of allylic oxidation sites excluding steroid dienone is 1. The lowest BCUT2D eigenvalue weighted by Gasteiger charge is -2.26. The maximum absolute atomic E-state index is 5.34. The molecule has 2 heteroatoms. The van der Waals surface area contributed by atoms with Crippen LogP contribution in [0.3, 0.4) is 0 Å². The van der Waals surface area contributed by atoms with Crippen molar-refractivity contribution in [1.29, 1.82) is 0 Å². The molecular weight excluding hydrogens is 124 g/mol. The fourth-order valence-corrected chi connectivity index (χ4v) is 1.53. The van der Waals surface area contributed by atoms with Gasteiger partial charge in [0, 0.05) is 6.04 Å². The van der Waals surface area contributed by atoms with Crippen molar-refractivity contribution in [3.8, 4) is 0 Å². The second kappa shape index (κ2) is 3.17. The Balaban J connectivity index is 2.53. The van der Waals surface area contributed by atoms with Gasteiger partial charge in [0.25, 0.3) is 0 Å². The van der Waals surface area contributed by atoms with Gasteiger partial charge in [0.1, 0.15) is 0 Å². The van der Waals surface area contributed by atoms with Crippen LogP contribution in [-0.2, 0) is 0 Å². The average Bonchev–Trinajstić information content (AvgIpc) is 1.88. The Kier molecular flexibility index (Phi) is 2.46. The first-order chi connectivity index (χ1) is 4.74. The highest BCUT2D eigenvalue weighted by atomic mass is 15.2. The lowest BCUT2D eigenvalue weighted by Crippen LogP contribution is -2.40. The number of hydrogen-bond acceptors (Lipinski definition) is 2. The molecule has 3 N–H and O–H groups in total. The van der Waals surface area contributed by atoms with E-state index in [0.29, 0.717) is 12.0 Å². The Morgan fingerprint density at radius 3 is 2.60 bits per heavy atom. The fraction of sp³-hybridized carbons (Fsp3) is 0.750. The quantitative estimate of drug-likeness (QED) is 0.324. The molecule has 0 aromatic rings. The number of hydrazine groups is 1. The Morgan fingerprint density at radius 1 is 1.40 bits per heavy atom. The first-order valence-electron chi connectivity index (χ1n) is 3.88. The normalized spacial score (nSPS) is 40.1. The molecule has 0 aromatic carbocycles. The highest BCUT2D eigenvalue weighted by Crippen LogP contribution is 2.21. The minimum absolute atomic E-state index is 0.385. The SMILES string of the molecule is CC1C=C[C@H](NN)C(C)C1. The zero-order valence-electron chi connectivity index (χ0n) is 6.67. The largest absolute Gasteiger partial charge is 0.271 e.